The summed E-state index contributed by atoms with van der Waals surface area (Å²) < 4.78 is 160. The van der Waals surface area contributed by atoms with E-state index in [4.69, 9.17) is 4.74 Å². The molecular formula is C23H26F6O7S2. The Labute approximate surface area is 216 Å². The van der Waals surface area contributed by atoms with Crippen molar-refractivity contribution in [2.45, 2.75) is 80.1 Å². The third-order valence-electron chi connectivity index (χ3n) is 5.42. The van der Waals surface area contributed by atoms with Gasteiger partial charge in [-0.25, -0.2) is 0 Å². The maximum Gasteiger partial charge on any atom is 0.411 e. The van der Waals surface area contributed by atoms with Crippen molar-refractivity contribution in [2.24, 2.45) is 0 Å². The Bertz CT molecular complexity index is 1420. The first kappa shape index (κ1) is 31.9. The molecule has 38 heavy (non-hydrogen) atoms. The molecule has 0 atom stereocenters. The van der Waals surface area contributed by atoms with Gasteiger partial charge in [0.1, 0.15) is 16.2 Å². The van der Waals surface area contributed by atoms with Crippen LogP contribution in [0.1, 0.15) is 58.2 Å². The van der Waals surface area contributed by atoms with Crippen molar-refractivity contribution >= 4 is 20.2 Å². The number of alkyl halides is 6. The molecule has 0 saturated carbocycles. The molecule has 0 fully saturated rings. The molecule has 0 saturated heterocycles. The van der Waals surface area contributed by atoms with Gasteiger partial charge in [-0.3, -0.25) is 9.11 Å². The normalized spacial score (nSPS) is 14.5. The van der Waals surface area contributed by atoms with Crippen molar-refractivity contribution in [1.29, 1.82) is 0 Å². The summed E-state index contributed by atoms with van der Waals surface area (Å²) >= 11 is 0. The lowest BCUT2D eigenvalue weighted by atomic mass is 9.72. The van der Waals surface area contributed by atoms with Crippen LogP contribution in [0.2, 0.25) is 0 Å². The van der Waals surface area contributed by atoms with Gasteiger partial charge in [-0.05, 0) is 61.1 Å². The van der Waals surface area contributed by atoms with Crippen LogP contribution < -0.4 is 4.74 Å². The molecular weight excluding hydrogens is 566 g/mol. The summed E-state index contributed by atoms with van der Waals surface area (Å²) in [6.07, 6.45) is -12.5. The third kappa shape index (κ3) is 6.10. The SMILES string of the molecule is CC(C)(C)Oc1ccc(C(c2ccc(C(C)(C)C)c(S(=O)(=O)O)c2)(C(F)(F)F)C(F)(F)F)cc1S(=O)(=O)O. The van der Waals surface area contributed by atoms with Crippen molar-refractivity contribution in [3.63, 3.8) is 0 Å². The van der Waals surface area contributed by atoms with Crippen LogP contribution in [0.3, 0.4) is 0 Å². The van der Waals surface area contributed by atoms with Crippen LogP contribution in [-0.2, 0) is 31.1 Å². The van der Waals surface area contributed by atoms with Crippen LogP contribution in [0.4, 0.5) is 26.3 Å². The minimum Gasteiger partial charge on any atom is -0.487 e. The third-order valence-corrected chi connectivity index (χ3v) is 7.19. The van der Waals surface area contributed by atoms with Gasteiger partial charge in [0.2, 0.25) is 5.41 Å². The van der Waals surface area contributed by atoms with Crippen LogP contribution in [0.25, 0.3) is 0 Å². The lowest BCUT2D eigenvalue weighted by Gasteiger charge is -2.39. The molecule has 0 heterocycles. The molecule has 0 bridgehead atoms. The summed E-state index contributed by atoms with van der Waals surface area (Å²) in [7, 11) is -10.7. The molecule has 0 spiro atoms. The fraction of sp³-hybridized carbons (Fsp3) is 0.478. The van der Waals surface area contributed by atoms with Gasteiger partial charge in [0, 0.05) is 0 Å². The van der Waals surface area contributed by atoms with Crippen LogP contribution in [-0.4, -0.2) is 43.9 Å². The Kier molecular flexibility index (Phi) is 7.86. The van der Waals surface area contributed by atoms with E-state index in [1.807, 2.05) is 0 Å². The zero-order valence-corrected chi connectivity index (χ0v) is 22.6. The van der Waals surface area contributed by atoms with Crippen molar-refractivity contribution in [1.82, 2.24) is 0 Å². The maximum absolute atomic E-state index is 14.6. The van der Waals surface area contributed by atoms with Gasteiger partial charge in [0.15, 0.2) is 0 Å². The zero-order chi connectivity index (χ0) is 29.9. The Balaban J connectivity index is 3.17. The van der Waals surface area contributed by atoms with Crippen molar-refractivity contribution in [2.75, 3.05) is 0 Å². The molecule has 0 aliphatic carbocycles. The Morgan fingerprint density at radius 1 is 0.658 bits per heavy atom. The second-order valence-electron chi connectivity index (χ2n) is 10.5. The van der Waals surface area contributed by atoms with Crippen LogP contribution in [0.5, 0.6) is 5.75 Å². The fourth-order valence-electron chi connectivity index (χ4n) is 3.93. The lowest BCUT2D eigenvalue weighted by Crippen LogP contribution is -2.55. The average Bonchev–Trinajstić information content (AvgIpc) is 2.63. The number of rotatable bonds is 5. The minimum absolute atomic E-state index is 0.0256. The largest absolute Gasteiger partial charge is 0.487 e. The number of ether oxygens (including phenoxy) is 1. The van der Waals surface area contributed by atoms with E-state index in [0.29, 0.717) is 24.3 Å². The number of halogens is 6. The summed E-state index contributed by atoms with van der Waals surface area (Å²) in [6.45, 7) is 8.51. The fourth-order valence-corrected chi connectivity index (χ4v) is 5.50. The van der Waals surface area contributed by atoms with Gasteiger partial charge in [0.05, 0.1) is 4.90 Å². The number of benzene rings is 2. The van der Waals surface area contributed by atoms with Gasteiger partial charge in [-0.15, -0.1) is 0 Å². The first-order chi connectivity index (χ1) is 16.6. The van der Waals surface area contributed by atoms with E-state index in [2.05, 4.69) is 0 Å². The molecule has 0 aromatic heterocycles. The molecule has 0 amide bonds. The van der Waals surface area contributed by atoms with Gasteiger partial charge in [0.25, 0.3) is 20.2 Å². The van der Waals surface area contributed by atoms with Crippen molar-refractivity contribution in [3.05, 3.63) is 53.1 Å². The predicted molar refractivity (Wildman–Crippen MR) is 124 cm³/mol. The summed E-state index contributed by atoms with van der Waals surface area (Å²) in [6, 6.07) is 2.00. The van der Waals surface area contributed by atoms with E-state index in [1.165, 1.54) is 41.5 Å². The number of hydrogen-bond acceptors (Lipinski definition) is 5. The van der Waals surface area contributed by atoms with Gasteiger partial charge < -0.3 is 4.74 Å². The molecule has 0 radical (unpaired) electrons. The molecule has 2 rings (SSSR count). The smallest absolute Gasteiger partial charge is 0.411 e. The van der Waals surface area contributed by atoms with E-state index >= 15 is 0 Å². The molecule has 2 aromatic rings. The van der Waals surface area contributed by atoms with Gasteiger partial charge >= 0.3 is 12.4 Å². The summed E-state index contributed by atoms with van der Waals surface area (Å²) in [5.74, 6) is -0.719. The summed E-state index contributed by atoms with van der Waals surface area (Å²) in [5.41, 5.74) is -10.9. The first-order valence-electron chi connectivity index (χ1n) is 10.7. The second kappa shape index (κ2) is 9.38. The highest BCUT2D eigenvalue weighted by molar-refractivity contribution is 7.86. The summed E-state index contributed by atoms with van der Waals surface area (Å²) in [4.78, 5) is -2.56. The minimum atomic E-state index is -6.23. The highest BCUT2D eigenvalue weighted by Crippen LogP contribution is 2.57. The molecule has 214 valence electrons. The second-order valence-corrected chi connectivity index (χ2v) is 13.3. The Morgan fingerprint density at radius 3 is 1.39 bits per heavy atom. The van der Waals surface area contributed by atoms with Crippen molar-refractivity contribution < 1.29 is 57.0 Å². The van der Waals surface area contributed by atoms with E-state index in [-0.39, 0.29) is 17.7 Å². The van der Waals surface area contributed by atoms with Crippen LogP contribution in [0, 0.1) is 0 Å². The van der Waals surface area contributed by atoms with E-state index < -0.39 is 75.7 Å². The van der Waals surface area contributed by atoms with Crippen molar-refractivity contribution in [3.8, 4) is 5.75 Å². The van der Waals surface area contributed by atoms with Crippen LogP contribution in [0.15, 0.2) is 46.2 Å². The lowest BCUT2D eigenvalue weighted by molar-refractivity contribution is -0.288. The zero-order valence-electron chi connectivity index (χ0n) is 21.0. The predicted octanol–water partition coefficient (Wildman–Crippen LogP) is 6.07. The quantitative estimate of drug-likeness (QED) is 0.320. The monoisotopic (exact) mass is 592 g/mol. The summed E-state index contributed by atoms with van der Waals surface area (Å²) in [5, 5.41) is 0. The molecule has 2 aromatic carbocycles. The average molecular weight is 593 g/mol. The first-order valence-corrected chi connectivity index (χ1v) is 13.6. The molecule has 0 unspecified atom stereocenters. The highest BCUT2D eigenvalue weighted by atomic mass is 32.2. The van der Waals surface area contributed by atoms with Crippen LogP contribution >= 0.6 is 0 Å². The Morgan fingerprint density at radius 2 is 1.05 bits per heavy atom. The maximum atomic E-state index is 14.6. The van der Waals surface area contributed by atoms with Gasteiger partial charge in [-0.1, -0.05) is 39.0 Å². The topological polar surface area (TPSA) is 118 Å². The standard InChI is InChI=1S/C23H26F6O7S2/c1-19(2,3)15-9-7-13(11-17(15)37(30,31)32)21(22(24,25)26,23(27,28)29)14-8-10-16(36-20(4,5)6)18(12-14)38(33,34)35/h7-12H,1-6H3,(H,30,31,32)(H,33,34,35). The highest BCUT2D eigenvalue weighted by Gasteiger charge is 2.72. The molecule has 0 aliphatic heterocycles. The molecule has 0 aliphatic rings. The van der Waals surface area contributed by atoms with Gasteiger partial charge in [-0.2, -0.15) is 43.2 Å². The Hall–Kier alpha value is -2.36. The number of hydrogen-bond donors (Lipinski definition) is 2. The molecule has 15 heteroatoms. The molecule has 7 nitrogen and oxygen atoms in total. The van der Waals surface area contributed by atoms with E-state index in [9.17, 15) is 52.3 Å². The van der Waals surface area contributed by atoms with E-state index in [1.54, 1.807) is 0 Å². The molecule has 2 N–H and O–H groups in total. The van der Waals surface area contributed by atoms with E-state index in [0.717, 1.165) is 0 Å².